The van der Waals surface area contributed by atoms with E-state index in [-0.39, 0.29) is 0 Å². The van der Waals surface area contributed by atoms with Gasteiger partial charge in [-0.3, -0.25) is 0 Å². The van der Waals surface area contributed by atoms with E-state index >= 15 is 0 Å². The first-order valence-corrected chi connectivity index (χ1v) is 11.8. The van der Waals surface area contributed by atoms with Gasteiger partial charge in [0.05, 0.1) is 5.02 Å². The normalized spacial score (nSPS) is 15.7. The summed E-state index contributed by atoms with van der Waals surface area (Å²) >= 11 is 6.24. The predicted molar refractivity (Wildman–Crippen MR) is 113 cm³/mol. The quantitative estimate of drug-likeness (QED) is 0.166. The van der Waals surface area contributed by atoms with Crippen molar-refractivity contribution in [3.8, 4) is 11.5 Å². The van der Waals surface area contributed by atoms with Gasteiger partial charge in [0.1, 0.15) is 16.7 Å². The summed E-state index contributed by atoms with van der Waals surface area (Å²) in [5.41, 5.74) is 2.20. The van der Waals surface area contributed by atoms with Crippen LogP contribution in [0.1, 0.15) is 35.6 Å². The van der Waals surface area contributed by atoms with Gasteiger partial charge in [-0.05, 0) is 67.1 Å². The number of benzene rings is 3. The van der Waals surface area contributed by atoms with Gasteiger partial charge in [0, 0.05) is 0 Å². The summed E-state index contributed by atoms with van der Waals surface area (Å²) in [4.78, 5) is -0.510. The summed E-state index contributed by atoms with van der Waals surface area (Å²) in [6, 6.07) is 9.09. The third kappa shape index (κ3) is 4.44. The fourth-order valence-electron chi connectivity index (χ4n) is 3.69. The zero-order chi connectivity index (χ0) is 24.8. The summed E-state index contributed by atoms with van der Waals surface area (Å²) in [5, 5.41) is 0.419. The second kappa shape index (κ2) is 9.07. The first-order valence-electron chi connectivity index (χ1n) is 10.0. The zero-order valence-electron chi connectivity index (χ0n) is 17.5. The van der Waals surface area contributed by atoms with Crippen LogP contribution in [0.4, 0.5) is 22.0 Å². The fourth-order valence-corrected chi connectivity index (χ4v) is 4.96. The Bertz CT molecular complexity index is 1370. The van der Waals surface area contributed by atoms with Crippen LogP contribution in [0.15, 0.2) is 41.3 Å². The molecule has 180 valence electrons. The Kier molecular flexibility index (Phi) is 6.48. The molecule has 1 atom stereocenters. The van der Waals surface area contributed by atoms with E-state index in [2.05, 4.69) is 4.18 Å². The molecule has 0 bridgehead atoms. The third-order valence-corrected chi connectivity index (χ3v) is 6.89. The minimum atomic E-state index is -4.92. The minimum absolute atomic E-state index is 0.419. The maximum absolute atomic E-state index is 13.9. The van der Waals surface area contributed by atoms with Crippen LogP contribution >= 0.6 is 11.6 Å². The number of rotatable bonds is 5. The Morgan fingerprint density at radius 3 is 2.21 bits per heavy atom. The highest BCUT2D eigenvalue weighted by Crippen LogP contribution is 2.38. The molecule has 0 saturated heterocycles. The van der Waals surface area contributed by atoms with E-state index in [0.29, 0.717) is 41.2 Å². The molecule has 0 radical (unpaired) electrons. The first kappa shape index (κ1) is 24.3. The standard InChI is InChI=1S/C23H16ClF5O4S/c1-11-5-8-17(15(24)9-11)32-16-4-2-3-12-10-13(6-7-14(12)16)34(30,31)33-23-21(28)19(26)18(25)20(27)22(23)29/h5-10,16H,2-4H2,1H3/t16-/m1/s1. The van der Waals surface area contributed by atoms with Crippen LogP contribution in [-0.2, 0) is 16.5 Å². The molecule has 0 N–H and O–H groups in total. The summed E-state index contributed by atoms with van der Waals surface area (Å²) in [6.07, 6.45) is 1.31. The number of ether oxygens (including phenoxy) is 1. The van der Waals surface area contributed by atoms with Crippen molar-refractivity contribution in [1.29, 1.82) is 0 Å². The summed E-state index contributed by atoms with van der Waals surface area (Å²) in [5.74, 6) is -13.3. The highest BCUT2D eigenvalue weighted by molar-refractivity contribution is 7.87. The lowest BCUT2D eigenvalue weighted by Crippen LogP contribution is -2.18. The molecule has 4 rings (SSSR count). The lowest BCUT2D eigenvalue weighted by Gasteiger charge is -2.27. The van der Waals surface area contributed by atoms with Gasteiger partial charge in [-0.15, -0.1) is 0 Å². The van der Waals surface area contributed by atoms with E-state index in [1.54, 1.807) is 12.1 Å². The first-order chi connectivity index (χ1) is 16.0. The van der Waals surface area contributed by atoms with E-state index in [4.69, 9.17) is 16.3 Å². The number of fused-ring (bicyclic) bond motifs is 1. The average molecular weight is 519 g/mol. The van der Waals surface area contributed by atoms with Gasteiger partial charge >= 0.3 is 10.1 Å². The van der Waals surface area contributed by atoms with Crippen molar-refractivity contribution in [2.45, 2.75) is 37.2 Å². The van der Waals surface area contributed by atoms with Crippen LogP contribution in [0.3, 0.4) is 0 Å². The molecular formula is C23H16ClF5O4S. The molecule has 1 aliphatic carbocycles. The predicted octanol–water partition coefficient (Wildman–Crippen LogP) is 6.57. The Morgan fingerprint density at radius 2 is 1.56 bits per heavy atom. The molecule has 11 heteroatoms. The third-order valence-electron chi connectivity index (χ3n) is 5.38. The number of halogens is 6. The molecule has 0 spiro atoms. The monoisotopic (exact) mass is 518 g/mol. The molecule has 0 heterocycles. The second-order valence-electron chi connectivity index (χ2n) is 7.73. The van der Waals surface area contributed by atoms with Crippen LogP contribution in [0.25, 0.3) is 0 Å². The van der Waals surface area contributed by atoms with E-state index in [9.17, 15) is 30.4 Å². The molecular weight excluding hydrogens is 503 g/mol. The number of hydrogen-bond acceptors (Lipinski definition) is 4. The van der Waals surface area contributed by atoms with Gasteiger partial charge in [0.25, 0.3) is 0 Å². The van der Waals surface area contributed by atoms with Crippen molar-refractivity contribution in [3.05, 3.63) is 87.2 Å². The van der Waals surface area contributed by atoms with Gasteiger partial charge < -0.3 is 8.92 Å². The molecule has 0 amide bonds. The molecule has 0 aromatic heterocycles. The molecule has 34 heavy (non-hydrogen) atoms. The van der Waals surface area contributed by atoms with Gasteiger partial charge in [-0.2, -0.15) is 17.2 Å². The highest BCUT2D eigenvalue weighted by Gasteiger charge is 2.32. The van der Waals surface area contributed by atoms with Crippen molar-refractivity contribution in [1.82, 2.24) is 0 Å². The largest absolute Gasteiger partial charge is 0.484 e. The maximum atomic E-state index is 13.9. The molecule has 0 fully saturated rings. The Labute approximate surface area is 197 Å². The van der Waals surface area contributed by atoms with Gasteiger partial charge in [-0.1, -0.05) is 23.7 Å². The molecule has 3 aromatic rings. The van der Waals surface area contributed by atoms with Crippen molar-refractivity contribution in [2.24, 2.45) is 0 Å². The van der Waals surface area contributed by atoms with Crippen molar-refractivity contribution in [2.75, 3.05) is 0 Å². The lowest BCUT2D eigenvalue weighted by atomic mass is 9.89. The fraction of sp³-hybridized carbons (Fsp3) is 0.217. The second-order valence-corrected chi connectivity index (χ2v) is 9.68. The van der Waals surface area contributed by atoms with Crippen LogP contribution in [-0.4, -0.2) is 8.42 Å². The summed E-state index contributed by atoms with van der Waals surface area (Å²) in [7, 11) is -4.92. The minimum Gasteiger partial charge on any atom is -0.484 e. The van der Waals surface area contributed by atoms with Gasteiger partial charge in [-0.25, -0.2) is 13.2 Å². The molecule has 0 unspecified atom stereocenters. The molecule has 3 aromatic carbocycles. The number of hydrogen-bond donors (Lipinski definition) is 0. The SMILES string of the molecule is Cc1ccc(O[C@@H]2CCCc3cc(S(=O)(=O)Oc4c(F)c(F)c(F)c(F)c4F)ccc32)c(Cl)c1. The van der Waals surface area contributed by atoms with Crippen LogP contribution < -0.4 is 8.92 Å². The van der Waals surface area contributed by atoms with E-state index in [1.165, 1.54) is 12.1 Å². The topological polar surface area (TPSA) is 52.6 Å². The summed E-state index contributed by atoms with van der Waals surface area (Å²) < 4.78 is 103. The Balaban J connectivity index is 1.65. The van der Waals surface area contributed by atoms with E-state index in [0.717, 1.165) is 11.6 Å². The van der Waals surface area contributed by atoms with E-state index < -0.39 is 56.0 Å². The molecule has 4 nitrogen and oxygen atoms in total. The molecule has 0 aliphatic heterocycles. The lowest BCUT2D eigenvalue weighted by molar-refractivity contribution is 0.183. The zero-order valence-corrected chi connectivity index (χ0v) is 19.0. The van der Waals surface area contributed by atoms with E-state index in [1.807, 2.05) is 13.0 Å². The summed E-state index contributed by atoms with van der Waals surface area (Å²) in [6.45, 7) is 1.88. The van der Waals surface area contributed by atoms with Crippen molar-refractivity contribution in [3.63, 3.8) is 0 Å². The van der Waals surface area contributed by atoms with Crippen LogP contribution in [0.5, 0.6) is 11.5 Å². The Hall–Kier alpha value is -2.85. The maximum Gasteiger partial charge on any atom is 0.339 e. The van der Waals surface area contributed by atoms with Crippen LogP contribution in [0, 0.1) is 36.0 Å². The highest BCUT2D eigenvalue weighted by atomic mass is 35.5. The van der Waals surface area contributed by atoms with Crippen LogP contribution in [0.2, 0.25) is 5.02 Å². The number of aryl methyl sites for hydroxylation is 2. The Morgan fingerprint density at radius 1 is 0.912 bits per heavy atom. The van der Waals surface area contributed by atoms with Gasteiger partial charge in [0.15, 0.2) is 0 Å². The average Bonchev–Trinajstić information content (AvgIpc) is 2.81. The van der Waals surface area contributed by atoms with Crippen molar-refractivity contribution >= 4 is 21.7 Å². The van der Waals surface area contributed by atoms with Crippen molar-refractivity contribution < 1.29 is 39.3 Å². The van der Waals surface area contributed by atoms with Gasteiger partial charge in [0.2, 0.25) is 34.8 Å². The molecule has 1 aliphatic rings. The molecule has 0 saturated carbocycles. The smallest absolute Gasteiger partial charge is 0.339 e.